The van der Waals surface area contributed by atoms with Crippen LogP contribution in [0.2, 0.25) is 0 Å². The molecule has 0 saturated heterocycles. The van der Waals surface area contributed by atoms with Gasteiger partial charge in [-0.2, -0.15) is 0 Å². The largest absolute Gasteiger partial charge is 0.502 e. The van der Waals surface area contributed by atoms with E-state index in [4.69, 9.17) is 0 Å². The lowest BCUT2D eigenvalue weighted by atomic mass is 9.81. The average Bonchev–Trinajstić information content (AvgIpc) is 2.80. The number of hydrogen-bond acceptors (Lipinski definition) is 3. The maximum atomic E-state index is 12.9. The van der Waals surface area contributed by atoms with E-state index in [9.17, 15) is 14.7 Å². The van der Waals surface area contributed by atoms with Gasteiger partial charge in [0.2, 0.25) is 0 Å². The first-order valence-electron chi connectivity index (χ1n) is 10.7. The molecular weight excluding hydrogens is 376 g/mol. The van der Waals surface area contributed by atoms with Gasteiger partial charge in [0.1, 0.15) is 0 Å². The number of pyridine rings is 1. The van der Waals surface area contributed by atoms with Crippen LogP contribution in [0.15, 0.2) is 59.4 Å². The quantitative estimate of drug-likeness (QED) is 0.661. The third-order valence-corrected chi connectivity index (χ3v) is 5.84. The molecule has 0 unspecified atom stereocenters. The van der Waals surface area contributed by atoms with Crippen molar-refractivity contribution < 1.29 is 9.90 Å². The number of nitrogens with zero attached hydrogens (tertiary/aromatic N) is 1. The molecule has 2 N–H and O–H groups in total. The second-order valence-electron chi connectivity index (χ2n) is 7.54. The van der Waals surface area contributed by atoms with E-state index in [1.165, 1.54) is 10.1 Å². The Balaban J connectivity index is 0.00000124. The number of aryl methyl sites for hydroxylation is 1. The number of hydrogen-bond donors (Lipinski definition) is 2. The van der Waals surface area contributed by atoms with E-state index in [-0.39, 0.29) is 17.5 Å². The Morgan fingerprint density at radius 3 is 2.23 bits per heavy atom. The Labute approximate surface area is 177 Å². The van der Waals surface area contributed by atoms with Crippen LogP contribution in [-0.2, 0) is 7.05 Å². The van der Waals surface area contributed by atoms with Gasteiger partial charge >= 0.3 is 0 Å². The highest BCUT2D eigenvalue weighted by Crippen LogP contribution is 2.33. The molecule has 1 amide bonds. The molecule has 3 aromatic rings. The Morgan fingerprint density at radius 1 is 0.967 bits per heavy atom. The number of fused-ring (bicyclic) bond motifs is 1. The van der Waals surface area contributed by atoms with Crippen molar-refractivity contribution in [2.24, 2.45) is 7.05 Å². The van der Waals surface area contributed by atoms with Crippen LogP contribution in [0.4, 0.5) is 0 Å². The van der Waals surface area contributed by atoms with E-state index in [1.54, 1.807) is 25.2 Å². The molecule has 158 valence electrons. The molecule has 1 aliphatic carbocycles. The van der Waals surface area contributed by atoms with Crippen molar-refractivity contribution >= 4 is 16.8 Å². The first-order chi connectivity index (χ1) is 14.6. The molecule has 30 heavy (non-hydrogen) atoms. The van der Waals surface area contributed by atoms with Gasteiger partial charge in [-0.15, -0.1) is 0 Å². The fraction of sp³-hybridized carbons (Fsp3) is 0.360. The van der Waals surface area contributed by atoms with E-state index in [1.807, 2.05) is 26.0 Å². The number of benzene rings is 2. The number of para-hydroxylation sites is 1. The fourth-order valence-electron chi connectivity index (χ4n) is 4.26. The monoisotopic (exact) mass is 406 g/mol. The molecule has 1 saturated carbocycles. The lowest BCUT2D eigenvalue weighted by Crippen LogP contribution is -2.38. The maximum absolute atomic E-state index is 12.9. The SMILES string of the molecule is CC.Cn1c(=O)c(O)c(C(=O)NC2CCC(c3ccccc3)CC2)c2ccccc21. The standard InChI is InChI=1S/C23H24N2O3.C2H6/c1-25-19-10-6-5-9-18(19)20(21(26)23(25)28)22(27)24-17-13-11-16(12-14-17)15-7-3-2-4-8-15;1-2/h2-10,16-17,26H,11-14H2,1H3,(H,24,27);1-2H3. The summed E-state index contributed by atoms with van der Waals surface area (Å²) in [5.74, 6) is -0.348. The number of rotatable bonds is 3. The summed E-state index contributed by atoms with van der Waals surface area (Å²) in [7, 11) is 1.59. The zero-order valence-corrected chi connectivity index (χ0v) is 17.9. The Morgan fingerprint density at radius 2 is 1.57 bits per heavy atom. The zero-order chi connectivity index (χ0) is 21.7. The van der Waals surface area contributed by atoms with Gasteiger partial charge in [0.15, 0.2) is 5.75 Å². The van der Waals surface area contributed by atoms with Crippen molar-refractivity contribution in [1.29, 1.82) is 0 Å². The molecule has 1 aliphatic rings. The first kappa shape index (κ1) is 21.6. The summed E-state index contributed by atoms with van der Waals surface area (Å²) in [5, 5.41) is 14.0. The normalized spacial score (nSPS) is 18.4. The molecule has 5 nitrogen and oxygen atoms in total. The third kappa shape index (κ3) is 4.25. The summed E-state index contributed by atoms with van der Waals surface area (Å²) in [6, 6.07) is 17.7. The topological polar surface area (TPSA) is 71.3 Å². The number of carbonyl (C=O) groups excluding carboxylic acids is 1. The van der Waals surface area contributed by atoms with Crippen LogP contribution in [0.1, 0.15) is 61.4 Å². The van der Waals surface area contributed by atoms with Crippen LogP contribution < -0.4 is 10.9 Å². The van der Waals surface area contributed by atoms with Crippen molar-refractivity contribution in [3.05, 3.63) is 76.1 Å². The molecule has 1 fully saturated rings. The zero-order valence-electron chi connectivity index (χ0n) is 17.9. The van der Waals surface area contributed by atoms with E-state index >= 15 is 0 Å². The molecule has 2 aromatic carbocycles. The molecule has 0 atom stereocenters. The third-order valence-electron chi connectivity index (χ3n) is 5.84. The van der Waals surface area contributed by atoms with Crippen molar-refractivity contribution in [2.75, 3.05) is 0 Å². The number of carbonyl (C=O) groups is 1. The summed E-state index contributed by atoms with van der Waals surface area (Å²) in [6.07, 6.45) is 3.79. The molecule has 0 radical (unpaired) electrons. The van der Waals surface area contributed by atoms with Crippen LogP contribution in [0.3, 0.4) is 0 Å². The molecule has 4 rings (SSSR count). The number of amides is 1. The summed E-state index contributed by atoms with van der Waals surface area (Å²) < 4.78 is 1.37. The van der Waals surface area contributed by atoms with Gasteiger partial charge < -0.3 is 15.0 Å². The second kappa shape index (κ2) is 9.61. The smallest absolute Gasteiger partial charge is 0.293 e. The van der Waals surface area contributed by atoms with Gasteiger partial charge in [0.05, 0.1) is 11.1 Å². The average molecular weight is 407 g/mol. The van der Waals surface area contributed by atoms with Crippen molar-refractivity contribution in [3.8, 4) is 5.75 Å². The number of aromatic nitrogens is 1. The molecule has 0 bridgehead atoms. The predicted octanol–water partition coefficient (Wildman–Crippen LogP) is 4.73. The van der Waals surface area contributed by atoms with Crippen molar-refractivity contribution in [3.63, 3.8) is 0 Å². The summed E-state index contributed by atoms with van der Waals surface area (Å²) in [6.45, 7) is 4.00. The minimum atomic E-state index is -0.559. The number of aromatic hydroxyl groups is 1. The number of nitrogens with one attached hydrogen (secondary N) is 1. The van der Waals surface area contributed by atoms with E-state index in [2.05, 4.69) is 29.6 Å². The van der Waals surface area contributed by atoms with Crippen LogP contribution in [-0.4, -0.2) is 21.6 Å². The second-order valence-corrected chi connectivity index (χ2v) is 7.54. The highest BCUT2D eigenvalue weighted by molar-refractivity contribution is 6.08. The lowest BCUT2D eigenvalue weighted by molar-refractivity contribution is 0.0924. The van der Waals surface area contributed by atoms with E-state index < -0.39 is 11.3 Å². The van der Waals surface area contributed by atoms with Gasteiger partial charge in [-0.25, -0.2) is 0 Å². The highest BCUT2D eigenvalue weighted by Gasteiger charge is 2.26. The Kier molecular flexibility index (Phi) is 6.93. The van der Waals surface area contributed by atoms with Gasteiger partial charge in [-0.3, -0.25) is 9.59 Å². The Hall–Kier alpha value is -3.08. The van der Waals surface area contributed by atoms with Crippen LogP contribution in [0.25, 0.3) is 10.9 Å². The van der Waals surface area contributed by atoms with Crippen LogP contribution in [0.5, 0.6) is 5.75 Å². The first-order valence-corrected chi connectivity index (χ1v) is 10.7. The summed E-state index contributed by atoms with van der Waals surface area (Å²) in [5.41, 5.74) is 1.49. The van der Waals surface area contributed by atoms with Crippen molar-refractivity contribution in [1.82, 2.24) is 9.88 Å². The Bertz CT molecular complexity index is 1060. The lowest BCUT2D eigenvalue weighted by Gasteiger charge is -2.29. The highest BCUT2D eigenvalue weighted by atomic mass is 16.3. The van der Waals surface area contributed by atoms with Crippen LogP contribution in [0, 0.1) is 0 Å². The minimum Gasteiger partial charge on any atom is -0.502 e. The van der Waals surface area contributed by atoms with Crippen LogP contribution >= 0.6 is 0 Å². The minimum absolute atomic E-state index is 0.0506. The molecule has 1 aromatic heterocycles. The summed E-state index contributed by atoms with van der Waals surface area (Å²) in [4.78, 5) is 25.3. The van der Waals surface area contributed by atoms with Gasteiger partial charge in [-0.1, -0.05) is 62.4 Å². The molecule has 5 heteroatoms. The molecular formula is C25H30N2O3. The maximum Gasteiger partial charge on any atom is 0.293 e. The molecule has 0 spiro atoms. The molecule has 1 heterocycles. The molecule has 0 aliphatic heterocycles. The van der Waals surface area contributed by atoms with Gasteiger partial charge in [0, 0.05) is 18.5 Å². The van der Waals surface area contributed by atoms with Crippen molar-refractivity contribution in [2.45, 2.75) is 51.5 Å². The van der Waals surface area contributed by atoms with Gasteiger partial charge in [-0.05, 0) is 43.2 Å². The van der Waals surface area contributed by atoms with Gasteiger partial charge in [0.25, 0.3) is 11.5 Å². The fourth-order valence-corrected chi connectivity index (χ4v) is 4.26. The van der Waals surface area contributed by atoms with E-state index in [0.717, 1.165) is 25.7 Å². The van der Waals surface area contributed by atoms with E-state index in [0.29, 0.717) is 16.8 Å². The summed E-state index contributed by atoms with van der Waals surface area (Å²) >= 11 is 0. The predicted molar refractivity (Wildman–Crippen MR) is 121 cm³/mol.